The minimum atomic E-state index is 0.778. The number of aromatic nitrogens is 1. The molecule has 88 valence electrons. The van der Waals surface area contributed by atoms with Crippen molar-refractivity contribution in [3.05, 3.63) is 56.7 Å². The molecule has 17 heavy (non-hydrogen) atoms. The quantitative estimate of drug-likeness (QED) is 0.875. The topological polar surface area (TPSA) is 24.9 Å². The fourth-order valence-electron chi connectivity index (χ4n) is 1.51. The summed E-state index contributed by atoms with van der Waals surface area (Å²) in [5.41, 5.74) is 3.54. The number of benzene rings is 1. The highest BCUT2D eigenvalue weighted by Crippen LogP contribution is 2.26. The summed E-state index contributed by atoms with van der Waals surface area (Å²) in [4.78, 5) is 4.14. The SMILES string of the molecule is Cc1ccncc1CNc1ccc(Br)cc1Br. The normalized spacial score (nSPS) is 10.3. The Labute approximate surface area is 118 Å². The van der Waals surface area contributed by atoms with E-state index < -0.39 is 0 Å². The molecule has 0 saturated heterocycles. The molecular weight excluding hydrogens is 344 g/mol. The minimum Gasteiger partial charge on any atom is -0.380 e. The highest BCUT2D eigenvalue weighted by Gasteiger charge is 2.01. The van der Waals surface area contributed by atoms with Crippen LogP contribution in [0.25, 0.3) is 0 Å². The Morgan fingerprint density at radius 2 is 2.06 bits per heavy atom. The summed E-state index contributed by atoms with van der Waals surface area (Å²) in [5.74, 6) is 0. The van der Waals surface area contributed by atoms with Gasteiger partial charge in [-0.1, -0.05) is 15.9 Å². The predicted molar refractivity (Wildman–Crippen MR) is 78.1 cm³/mol. The van der Waals surface area contributed by atoms with Crippen LogP contribution < -0.4 is 5.32 Å². The van der Waals surface area contributed by atoms with Gasteiger partial charge in [0, 0.05) is 33.6 Å². The van der Waals surface area contributed by atoms with Crippen molar-refractivity contribution in [1.29, 1.82) is 0 Å². The molecule has 1 N–H and O–H groups in total. The molecule has 0 aliphatic rings. The molecule has 0 spiro atoms. The molecule has 1 aromatic heterocycles. The summed E-state index contributed by atoms with van der Waals surface area (Å²) in [5, 5.41) is 3.39. The molecular formula is C13H12Br2N2. The Balaban J connectivity index is 2.10. The van der Waals surface area contributed by atoms with Crippen molar-refractivity contribution in [3.63, 3.8) is 0 Å². The van der Waals surface area contributed by atoms with Gasteiger partial charge in [-0.2, -0.15) is 0 Å². The maximum atomic E-state index is 4.14. The van der Waals surface area contributed by atoms with E-state index >= 15 is 0 Å². The van der Waals surface area contributed by atoms with Gasteiger partial charge < -0.3 is 5.32 Å². The number of pyridine rings is 1. The highest BCUT2D eigenvalue weighted by atomic mass is 79.9. The fourth-order valence-corrected chi connectivity index (χ4v) is 2.69. The second-order valence-corrected chi connectivity index (χ2v) is 5.55. The average Bonchev–Trinajstić information content (AvgIpc) is 2.30. The molecule has 1 heterocycles. The third kappa shape index (κ3) is 3.30. The van der Waals surface area contributed by atoms with Gasteiger partial charge in [-0.15, -0.1) is 0 Å². The molecule has 0 aliphatic carbocycles. The summed E-state index contributed by atoms with van der Waals surface area (Å²) in [7, 11) is 0. The summed E-state index contributed by atoms with van der Waals surface area (Å²) >= 11 is 6.97. The summed E-state index contributed by atoms with van der Waals surface area (Å²) in [6.07, 6.45) is 3.71. The first-order valence-electron chi connectivity index (χ1n) is 5.25. The molecule has 1 aromatic carbocycles. The Kier molecular flexibility index (Phi) is 4.18. The Bertz CT molecular complexity index is 527. The van der Waals surface area contributed by atoms with Gasteiger partial charge in [-0.3, -0.25) is 4.98 Å². The minimum absolute atomic E-state index is 0.778. The van der Waals surface area contributed by atoms with E-state index in [2.05, 4.69) is 49.1 Å². The van der Waals surface area contributed by atoms with E-state index in [1.54, 1.807) is 0 Å². The number of hydrogen-bond acceptors (Lipinski definition) is 2. The Hall–Kier alpha value is -0.870. The monoisotopic (exact) mass is 354 g/mol. The van der Waals surface area contributed by atoms with Crippen LogP contribution in [0.1, 0.15) is 11.1 Å². The second-order valence-electron chi connectivity index (χ2n) is 3.78. The smallest absolute Gasteiger partial charge is 0.0488 e. The first-order chi connectivity index (χ1) is 8.16. The standard InChI is InChI=1S/C13H12Br2N2/c1-9-4-5-16-7-10(9)8-17-13-3-2-11(14)6-12(13)15/h2-7,17H,8H2,1H3. The molecule has 2 rings (SSSR count). The molecule has 0 saturated carbocycles. The van der Waals surface area contributed by atoms with Crippen LogP contribution in [0, 0.1) is 6.92 Å². The number of hydrogen-bond donors (Lipinski definition) is 1. The van der Waals surface area contributed by atoms with E-state index in [-0.39, 0.29) is 0 Å². The van der Waals surface area contributed by atoms with Crippen LogP contribution in [0.15, 0.2) is 45.6 Å². The molecule has 0 unspecified atom stereocenters. The Morgan fingerprint density at radius 1 is 1.24 bits per heavy atom. The number of halogens is 2. The number of anilines is 1. The second kappa shape index (κ2) is 5.65. The lowest BCUT2D eigenvalue weighted by Crippen LogP contribution is -2.02. The summed E-state index contributed by atoms with van der Waals surface area (Å²) in [6, 6.07) is 8.11. The third-order valence-corrected chi connectivity index (χ3v) is 3.70. The number of nitrogens with one attached hydrogen (secondary N) is 1. The van der Waals surface area contributed by atoms with Gasteiger partial charge in [0.25, 0.3) is 0 Å². The fraction of sp³-hybridized carbons (Fsp3) is 0.154. The maximum Gasteiger partial charge on any atom is 0.0488 e. The largest absolute Gasteiger partial charge is 0.380 e. The first-order valence-corrected chi connectivity index (χ1v) is 6.84. The summed E-state index contributed by atoms with van der Waals surface area (Å²) in [6.45, 7) is 2.87. The van der Waals surface area contributed by atoms with Gasteiger partial charge in [0.1, 0.15) is 0 Å². The van der Waals surface area contributed by atoms with Crippen LogP contribution in [0.2, 0.25) is 0 Å². The van der Waals surface area contributed by atoms with Crippen molar-refractivity contribution >= 4 is 37.5 Å². The van der Waals surface area contributed by atoms with E-state index in [4.69, 9.17) is 0 Å². The lowest BCUT2D eigenvalue weighted by Gasteiger charge is -2.10. The van der Waals surface area contributed by atoms with Crippen LogP contribution in [0.4, 0.5) is 5.69 Å². The van der Waals surface area contributed by atoms with Crippen molar-refractivity contribution in [2.45, 2.75) is 13.5 Å². The van der Waals surface area contributed by atoms with Crippen LogP contribution in [-0.4, -0.2) is 4.98 Å². The highest BCUT2D eigenvalue weighted by molar-refractivity contribution is 9.11. The maximum absolute atomic E-state index is 4.14. The van der Waals surface area contributed by atoms with Gasteiger partial charge in [0.05, 0.1) is 0 Å². The molecule has 0 amide bonds. The van der Waals surface area contributed by atoms with Crippen molar-refractivity contribution < 1.29 is 0 Å². The van der Waals surface area contributed by atoms with Crippen molar-refractivity contribution in [2.24, 2.45) is 0 Å². The zero-order valence-corrected chi connectivity index (χ0v) is 12.5. The van der Waals surface area contributed by atoms with Gasteiger partial charge >= 0.3 is 0 Å². The molecule has 2 aromatic rings. The molecule has 2 nitrogen and oxygen atoms in total. The molecule has 0 aliphatic heterocycles. The van der Waals surface area contributed by atoms with Crippen LogP contribution in [-0.2, 0) is 6.54 Å². The van der Waals surface area contributed by atoms with Crippen LogP contribution >= 0.6 is 31.9 Å². The van der Waals surface area contributed by atoms with E-state index in [1.165, 1.54) is 11.1 Å². The molecule has 0 atom stereocenters. The number of rotatable bonds is 3. The van der Waals surface area contributed by atoms with E-state index in [1.807, 2.05) is 36.7 Å². The zero-order valence-electron chi connectivity index (χ0n) is 9.37. The lowest BCUT2D eigenvalue weighted by atomic mass is 10.1. The van der Waals surface area contributed by atoms with E-state index in [9.17, 15) is 0 Å². The first kappa shape index (κ1) is 12.6. The number of aryl methyl sites for hydroxylation is 1. The number of nitrogens with zero attached hydrogens (tertiary/aromatic N) is 1. The summed E-state index contributed by atoms with van der Waals surface area (Å²) < 4.78 is 2.11. The van der Waals surface area contributed by atoms with Crippen molar-refractivity contribution in [2.75, 3.05) is 5.32 Å². The van der Waals surface area contributed by atoms with Crippen LogP contribution in [0.5, 0.6) is 0 Å². The van der Waals surface area contributed by atoms with Crippen molar-refractivity contribution in [3.8, 4) is 0 Å². The molecule has 4 heteroatoms. The molecule has 0 bridgehead atoms. The average molecular weight is 356 g/mol. The molecule has 0 radical (unpaired) electrons. The predicted octanol–water partition coefficient (Wildman–Crippen LogP) is 4.53. The molecule has 0 fully saturated rings. The van der Waals surface area contributed by atoms with Crippen molar-refractivity contribution in [1.82, 2.24) is 4.98 Å². The van der Waals surface area contributed by atoms with Gasteiger partial charge in [-0.25, -0.2) is 0 Å². The van der Waals surface area contributed by atoms with Gasteiger partial charge in [0.15, 0.2) is 0 Å². The van der Waals surface area contributed by atoms with Gasteiger partial charge in [0.2, 0.25) is 0 Å². The Morgan fingerprint density at radius 3 is 2.76 bits per heavy atom. The van der Waals surface area contributed by atoms with E-state index in [0.717, 1.165) is 21.2 Å². The van der Waals surface area contributed by atoms with E-state index in [0.29, 0.717) is 0 Å². The lowest BCUT2D eigenvalue weighted by molar-refractivity contribution is 1.08. The van der Waals surface area contributed by atoms with Crippen LogP contribution in [0.3, 0.4) is 0 Å². The zero-order chi connectivity index (χ0) is 12.3. The third-order valence-electron chi connectivity index (χ3n) is 2.55. The van der Waals surface area contributed by atoms with Gasteiger partial charge in [-0.05, 0) is 58.2 Å².